The summed E-state index contributed by atoms with van der Waals surface area (Å²) in [6.07, 6.45) is 4.78. The van der Waals surface area contributed by atoms with Crippen LogP contribution in [0.25, 0.3) is 0 Å². The Balaban J connectivity index is 1.98. The minimum atomic E-state index is 0.241. The molecule has 1 saturated heterocycles. The molecule has 2 rings (SSSR count). The molecule has 0 bridgehead atoms. The Labute approximate surface area is 121 Å². The maximum atomic E-state index is 12.4. The van der Waals surface area contributed by atoms with Crippen molar-refractivity contribution in [2.45, 2.75) is 32.6 Å². The third-order valence-corrected chi connectivity index (χ3v) is 3.92. The van der Waals surface area contributed by atoms with Gasteiger partial charge in [-0.2, -0.15) is 0 Å². The van der Waals surface area contributed by atoms with Gasteiger partial charge in [-0.05, 0) is 44.0 Å². The van der Waals surface area contributed by atoms with E-state index in [-0.39, 0.29) is 5.91 Å². The molecule has 1 heterocycles. The molecule has 0 aromatic heterocycles. The number of rotatable bonds is 4. The molecule has 4 nitrogen and oxygen atoms in total. The number of amides is 1. The molecule has 110 valence electrons. The first-order valence-electron chi connectivity index (χ1n) is 7.59. The van der Waals surface area contributed by atoms with Gasteiger partial charge in [0.15, 0.2) is 0 Å². The fourth-order valence-electron chi connectivity index (χ4n) is 2.65. The summed E-state index contributed by atoms with van der Waals surface area (Å²) in [5, 5.41) is 0. The Kier molecular flexibility index (Phi) is 5.27. The van der Waals surface area contributed by atoms with Crippen molar-refractivity contribution in [1.29, 1.82) is 0 Å². The first kappa shape index (κ1) is 14.7. The van der Waals surface area contributed by atoms with E-state index in [1.165, 1.54) is 12.8 Å². The van der Waals surface area contributed by atoms with Gasteiger partial charge in [0.25, 0.3) is 0 Å². The van der Waals surface area contributed by atoms with Crippen molar-refractivity contribution in [1.82, 2.24) is 4.90 Å². The highest BCUT2D eigenvalue weighted by Gasteiger charge is 2.18. The minimum Gasteiger partial charge on any atom is -0.399 e. The van der Waals surface area contributed by atoms with Crippen molar-refractivity contribution in [3.05, 3.63) is 24.3 Å². The van der Waals surface area contributed by atoms with E-state index < -0.39 is 0 Å². The monoisotopic (exact) mass is 275 g/mol. The highest BCUT2D eigenvalue weighted by molar-refractivity contribution is 5.81. The van der Waals surface area contributed by atoms with Crippen molar-refractivity contribution in [3.8, 4) is 0 Å². The molecule has 0 spiro atoms. The number of nitrogens with zero attached hydrogens (tertiary/aromatic N) is 2. The summed E-state index contributed by atoms with van der Waals surface area (Å²) < 4.78 is 0. The van der Waals surface area contributed by atoms with Gasteiger partial charge in [0, 0.05) is 31.0 Å². The molecule has 1 aliphatic rings. The van der Waals surface area contributed by atoms with Gasteiger partial charge in [-0.1, -0.05) is 12.8 Å². The van der Waals surface area contributed by atoms with E-state index in [4.69, 9.17) is 5.73 Å². The summed E-state index contributed by atoms with van der Waals surface area (Å²) in [5.41, 5.74) is 7.52. The van der Waals surface area contributed by atoms with Crippen LogP contribution >= 0.6 is 0 Å². The standard InChI is InChI=1S/C16H25N3O/c1-2-18(15-9-7-14(17)8-10-15)13-16(20)19-11-5-3-4-6-12-19/h7-10H,2-6,11-13,17H2,1H3. The molecule has 4 heteroatoms. The van der Waals surface area contributed by atoms with Gasteiger partial charge in [0.05, 0.1) is 6.54 Å². The number of likely N-dealkylation sites (tertiary alicyclic amines) is 1. The number of hydrogen-bond donors (Lipinski definition) is 1. The average molecular weight is 275 g/mol. The lowest BCUT2D eigenvalue weighted by Crippen LogP contribution is -2.40. The molecule has 0 atom stereocenters. The molecular formula is C16H25N3O. The zero-order valence-electron chi connectivity index (χ0n) is 12.3. The van der Waals surface area contributed by atoms with Gasteiger partial charge < -0.3 is 15.5 Å². The third kappa shape index (κ3) is 3.89. The van der Waals surface area contributed by atoms with E-state index in [1.54, 1.807) is 0 Å². The number of carbonyl (C=O) groups excluding carboxylic acids is 1. The number of anilines is 2. The van der Waals surface area contributed by atoms with Crippen LogP contribution in [-0.4, -0.2) is 37.0 Å². The van der Waals surface area contributed by atoms with Crippen molar-refractivity contribution in [3.63, 3.8) is 0 Å². The van der Waals surface area contributed by atoms with Crippen LogP contribution < -0.4 is 10.6 Å². The highest BCUT2D eigenvalue weighted by atomic mass is 16.2. The van der Waals surface area contributed by atoms with Crippen molar-refractivity contribution < 1.29 is 4.79 Å². The van der Waals surface area contributed by atoms with E-state index in [1.807, 2.05) is 29.2 Å². The Morgan fingerprint density at radius 2 is 1.75 bits per heavy atom. The molecule has 20 heavy (non-hydrogen) atoms. The normalized spacial score (nSPS) is 15.8. The lowest BCUT2D eigenvalue weighted by Gasteiger charge is -2.27. The number of benzene rings is 1. The summed E-state index contributed by atoms with van der Waals surface area (Å²) >= 11 is 0. The second-order valence-electron chi connectivity index (χ2n) is 5.40. The number of nitrogen functional groups attached to an aromatic ring is 1. The summed E-state index contributed by atoms with van der Waals surface area (Å²) in [6.45, 7) is 5.19. The zero-order valence-corrected chi connectivity index (χ0v) is 12.3. The van der Waals surface area contributed by atoms with Crippen LogP contribution in [0.15, 0.2) is 24.3 Å². The molecule has 0 radical (unpaired) electrons. The number of nitrogens with two attached hydrogens (primary N) is 1. The maximum Gasteiger partial charge on any atom is 0.242 e. The van der Waals surface area contributed by atoms with Crippen molar-refractivity contribution >= 4 is 17.3 Å². The van der Waals surface area contributed by atoms with Gasteiger partial charge in [0.1, 0.15) is 0 Å². The molecule has 0 aliphatic carbocycles. The number of hydrogen-bond acceptors (Lipinski definition) is 3. The second kappa shape index (κ2) is 7.17. The average Bonchev–Trinajstić information content (AvgIpc) is 2.75. The van der Waals surface area contributed by atoms with Gasteiger partial charge in [0.2, 0.25) is 5.91 Å². The van der Waals surface area contributed by atoms with E-state index in [9.17, 15) is 4.79 Å². The van der Waals surface area contributed by atoms with Crippen LogP contribution in [0.3, 0.4) is 0 Å². The van der Waals surface area contributed by atoms with Crippen LogP contribution in [0.5, 0.6) is 0 Å². The van der Waals surface area contributed by atoms with Gasteiger partial charge in [-0.15, -0.1) is 0 Å². The van der Waals surface area contributed by atoms with Crippen LogP contribution in [0.4, 0.5) is 11.4 Å². The molecule has 1 amide bonds. The van der Waals surface area contributed by atoms with Crippen LogP contribution in [-0.2, 0) is 4.79 Å². The summed E-state index contributed by atoms with van der Waals surface area (Å²) in [5.74, 6) is 0.241. The molecule has 1 aromatic carbocycles. The lowest BCUT2D eigenvalue weighted by molar-refractivity contribution is -0.129. The summed E-state index contributed by atoms with van der Waals surface area (Å²) in [4.78, 5) is 16.5. The molecule has 0 saturated carbocycles. The fraction of sp³-hybridized carbons (Fsp3) is 0.562. The Hall–Kier alpha value is -1.71. The molecule has 1 fully saturated rings. The zero-order chi connectivity index (χ0) is 14.4. The molecular weight excluding hydrogens is 250 g/mol. The van der Waals surface area contributed by atoms with Crippen molar-refractivity contribution in [2.75, 3.05) is 36.8 Å². The Morgan fingerprint density at radius 1 is 1.15 bits per heavy atom. The fourth-order valence-corrected chi connectivity index (χ4v) is 2.65. The summed E-state index contributed by atoms with van der Waals surface area (Å²) in [7, 11) is 0. The molecule has 1 aromatic rings. The molecule has 2 N–H and O–H groups in total. The van der Waals surface area contributed by atoms with E-state index in [2.05, 4.69) is 11.8 Å². The number of carbonyl (C=O) groups is 1. The van der Waals surface area contributed by atoms with E-state index >= 15 is 0 Å². The van der Waals surface area contributed by atoms with Gasteiger partial charge >= 0.3 is 0 Å². The topological polar surface area (TPSA) is 49.6 Å². The quantitative estimate of drug-likeness (QED) is 0.859. The van der Waals surface area contributed by atoms with E-state index in [0.29, 0.717) is 6.54 Å². The predicted octanol–water partition coefficient (Wildman–Crippen LogP) is 2.50. The smallest absolute Gasteiger partial charge is 0.242 e. The maximum absolute atomic E-state index is 12.4. The second-order valence-corrected chi connectivity index (χ2v) is 5.40. The van der Waals surface area contributed by atoms with Crippen LogP contribution in [0.2, 0.25) is 0 Å². The third-order valence-electron chi connectivity index (χ3n) is 3.92. The lowest BCUT2D eigenvalue weighted by atomic mass is 10.2. The first-order chi connectivity index (χ1) is 9.70. The number of likely N-dealkylation sites (N-methyl/N-ethyl adjacent to an activating group) is 1. The van der Waals surface area contributed by atoms with E-state index in [0.717, 1.165) is 43.9 Å². The Bertz CT molecular complexity index is 422. The molecule has 1 aliphatic heterocycles. The minimum absolute atomic E-state index is 0.241. The van der Waals surface area contributed by atoms with Crippen molar-refractivity contribution in [2.24, 2.45) is 0 Å². The highest BCUT2D eigenvalue weighted by Crippen LogP contribution is 2.17. The van der Waals surface area contributed by atoms with Gasteiger partial charge in [-0.25, -0.2) is 0 Å². The van der Waals surface area contributed by atoms with Gasteiger partial charge in [-0.3, -0.25) is 4.79 Å². The largest absolute Gasteiger partial charge is 0.399 e. The molecule has 0 unspecified atom stereocenters. The van der Waals surface area contributed by atoms with Crippen LogP contribution in [0.1, 0.15) is 32.6 Å². The summed E-state index contributed by atoms with van der Waals surface area (Å²) in [6, 6.07) is 7.73. The predicted molar refractivity (Wildman–Crippen MR) is 83.8 cm³/mol. The first-order valence-corrected chi connectivity index (χ1v) is 7.59. The van der Waals surface area contributed by atoms with Crippen LogP contribution in [0, 0.1) is 0 Å². The Morgan fingerprint density at radius 3 is 2.30 bits per heavy atom. The SMILES string of the molecule is CCN(CC(=O)N1CCCCCC1)c1ccc(N)cc1.